The van der Waals surface area contributed by atoms with Crippen molar-refractivity contribution >= 4 is 11.8 Å². The highest BCUT2D eigenvalue weighted by molar-refractivity contribution is 7.98. The summed E-state index contributed by atoms with van der Waals surface area (Å²) in [6.07, 6.45) is 0.853. The third-order valence-corrected chi connectivity index (χ3v) is 4.43. The van der Waals surface area contributed by atoms with Gasteiger partial charge in [0.2, 0.25) is 5.88 Å². The second-order valence-electron chi connectivity index (χ2n) is 5.53. The van der Waals surface area contributed by atoms with Crippen molar-refractivity contribution in [3.63, 3.8) is 0 Å². The van der Waals surface area contributed by atoms with Crippen LogP contribution in [0.3, 0.4) is 0 Å². The number of ether oxygens (including phenoxy) is 1. The molecule has 122 valence electrons. The number of aryl methyl sites for hydroxylation is 2. The van der Waals surface area contributed by atoms with E-state index in [0.717, 1.165) is 28.8 Å². The first-order valence-corrected chi connectivity index (χ1v) is 9.00. The largest absolute Gasteiger partial charge is 0.439 e. The summed E-state index contributed by atoms with van der Waals surface area (Å²) in [6, 6.07) is 20.1. The molecule has 0 N–H and O–H groups in total. The van der Waals surface area contributed by atoms with E-state index in [-0.39, 0.29) is 0 Å². The van der Waals surface area contributed by atoms with Crippen molar-refractivity contribution in [2.45, 2.75) is 31.2 Å². The SMILES string of the molecule is CCc1cc(Oc2ccccc2)nc(SCc2cccc(C)c2)n1. The minimum Gasteiger partial charge on any atom is -0.439 e. The van der Waals surface area contributed by atoms with Crippen LogP contribution in [0.4, 0.5) is 0 Å². The first kappa shape index (κ1) is 16.5. The molecular formula is C20H20N2OS. The summed E-state index contributed by atoms with van der Waals surface area (Å²) in [5.41, 5.74) is 3.53. The zero-order chi connectivity index (χ0) is 16.8. The third kappa shape index (κ3) is 4.59. The summed E-state index contributed by atoms with van der Waals surface area (Å²) in [5, 5.41) is 0.752. The molecule has 0 bridgehead atoms. The van der Waals surface area contributed by atoms with Crippen molar-refractivity contribution < 1.29 is 4.74 Å². The van der Waals surface area contributed by atoms with Gasteiger partial charge in [0.1, 0.15) is 5.75 Å². The fourth-order valence-corrected chi connectivity index (χ4v) is 3.12. The normalized spacial score (nSPS) is 10.6. The highest BCUT2D eigenvalue weighted by Gasteiger charge is 2.07. The molecule has 0 atom stereocenters. The number of hydrogen-bond acceptors (Lipinski definition) is 4. The lowest BCUT2D eigenvalue weighted by atomic mass is 10.2. The minimum atomic E-state index is 0.597. The molecule has 1 heterocycles. The zero-order valence-electron chi connectivity index (χ0n) is 13.9. The van der Waals surface area contributed by atoms with Crippen LogP contribution < -0.4 is 4.74 Å². The van der Waals surface area contributed by atoms with Crippen LogP contribution in [0.5, 0.6) is 11.6 Å². The molecule has 24 heavy (non-hydrogen) atoms. The first-order chi connectivity index (χ1) is 11.7. The third-order valence-electron chi connectivity index (χ3n) is 3.51. The van der Waals surface area contributed by atoms with E-state index in [0.29, 0.717) is 5.88 Å². The van der Waals surface area contributed by atoms with Crippen molar-refractivity contribution in [2.75, 3.05) is 0 Å². The Morgan fingerprint density at radius 2 is 1.79 bits per heavy atom. The molecule has 0 fully saturated rings. The highest BCUT2D eigenvalue weighted by Crippen LogP contribution is 2.25. The Balaban J connectivity index is 1.76. The van der Waals surface area contributed by atoms with Gasteiger partial charge in [0.25, 0.3) is 0 Å². The summed E-state index contributed by atoms with van der Waals surface area (Å²) in [7, 11) is 0. The van der Waals surface area contributed by atoms with Gasteiger partial charge < -0.3 is 4.74 Å². The molecule has 0 radical (unpaired) electrons. The van der Waals surface area contributed by atoms with Gasteiger partial charge in [-0.05, 0) is 31.0 Å². The van der Waals surface area contributed by atoms with Gasteiger partial charge in [0, 0.05) is 17.5 Å². The fraction of sp³-hybridized carbons (Fsp3) is 0.200. The second kappa shape index (κ2) is 7.97. The lowest BCUT2D eigenvalue weighted by molar-refractivity contribution is 0.454. The molecule has 3 aromatic rings. The summed E-state index contributed by atoms with van der Waals surface area (Å²) in [6.45, 7) is 4.19. The second-order valence-corrected chi connectivity index (χ2v) is 6.47. The van der Waals surface area contributed by atoms with Crippen molar-refractivity contribution in [2.24, 2.45) is 0 Å². The van der Waals surface area contributed by atoms with Crippen LogP contribution in [0.25, 0.3) is 0 Å². The fourth-order valence-electron chi connectivity index (χ4n) is 2.31. The minimum absolute atomic E-state index is 0.597. The van der Waals surface area contributed by atoms with Gasteiger partial charge in [0.05, 0.1) is 0 Å². The van der Waals surface area contributed by atoms with Gasteiger partial charge in [-0.15, -0.1) is 0 Å². The van der Waals surface area contributed by atoms with Gasteiger partial charge >= 0.3 is 0 Å². The average molecular weight is 336 g/mol. The summed E-state index contributed by atoms with van der Waals surface area (Å²) >= 11 is 1.63. The average Bonchev–Trinajstić information content (AvgIpc) is 2.61. The van der Waals surface area contributed by atoms with E-state index in [1.54, 1.807) is 11.8 Å². The predicted molar refractivity (Wildman–Crippen MR) is 98.7 cm³/mol. The van der Waals surface area contributed by atoms with Crippen LogP contribution in [-0.2, 0) is 12.2 Å². The molecule has 3 nitrogen and oxygen atoms in total. The van der Waals surface area contributed by atoms with Crippen LogP contribution in [0.2, 0.25) is 0 Å². The molecule has 1 aromatic heterocycles. The van der Waals surface area contributed by atoms with Gasteiger partial charge in [-0.3, -0.25) is 0 Å². The molecule has 4 heteroatoms. The molecule has 0 saturated heterocycles. The summed E-state index contributed by atoms with van der Waals surface area (Å²) in [5.74, 6) is 2.23. The molecular weight excluding hydrogens is 316 g/mol. The number of nitrogens with zero attached hydrogens (tertiary/aromatic N) is 2. The number of thioether (sulfide) groups is 1. The number of benzene rings is 2. The molecule has 0 spiro atoms. The van der Waals surface area contributed by atoms with Crippen molar-refractivity contribution in [1.29, 1.82) is 0 Å². The van der Waals surface area contributed by atoms with Crippen LogP contribution in [0, 0.1) is 6.92 Å². The van der Waals surface area contributed by atoms with Gasteiger partial charge in [0.15, 0.2) is 5.16 Å². The van der Waals surface area contributed by atoms with Crippen LogP contribution in [-0.4, -0.2) is 9.97 Å². The quantitative estimate of drug-likeness (QED) is 0.444. The van der Waals surface area contributed by atoms with Crippen LogP contribution in [0.15, 0.2) is 65.8 Å². The Labute approximate surface area is 147 Å². The predicted octanol–water partition coefficient (Wildman–Crippen LogP) is 5.43. The van der Waals surface area contributed by atoms with E-state index < -0.39 is 0 Å². The lowest BCUT2D eigenvalue weighted by Gasteiger charge is -2.08. The molecule has 3 rings (SSSR count). The van der Waals surface area contributed by atoms with E-state index in [4.69, 9.17) is 4.74 Å². The number of aromatic nitrogens is 2. The van der Waals surface area contributed by atoms with E-state index in [2.05, 4.69) is 48.1 Å². The lowest BCUT2D eigenvalue weighted by Crippen LogP contribution is -1.97. The van der Waals surface area contributed by atoms with Crippen LogP contribution in [0.1, 0.15) is 23.7 Å². The van der Waals surface area contributed by atoms with E-state index in [1.165, 1.54) is 11.1 Å². The summed E-state index contributed by atoms with van der Waals surface area (Å²) < 4.78 is 5.87. The Kier molecular flexibility index (Phi) is 5.49. The topological polar surface area (TPSA) is 35.0 Å². The first-order valence-electron chi connectivity index (χ1n) is 8.02. The molecule has 0 saturated carbocycles. The maximum atomic E-state index is 5.87. The Hall–Kier alpha value is -2.33. The number of hydrogen-bond donors (Lipinski definition) is 0. The number of rotatable bonds is 6. The Morgan fingerprint density at radius 1 is 0.958 bits per heavy atom. The summed E-state index contributed by atoms with van der Waals surface area (Å²) in [4.78, 5) is 9.15. The molecule has 0 aliphatic rings. The Morgan fingerprint density at radius 3 is 2.54 bits per heavy atom. The molecule has 0 aliphatic heterocycles. The molecule has 0 amide bonds. The van der Waals surface area contributed by atoms with Crippen molar-refractivity contribution in [3.8, 4) is 11.6 Å². The monoisotopic (exact) mass is 336 g/mol. The van der Waals surface area contributed by atoms with Gasteiger partial charge in [-0.2, -0.15) is 4.98 Å². The van der Waals surface area contributed by atoms with E-state index in [1.807, 2.05) is 36.4 Å². The maximum absolute atomic E-state index is 5.87. The zero-order valence-corrected chi connectivity index (χ0v) is 14.7. The van der Waals surface area contributed by atoms with Crippen molar-refractivity contribution in [1.82, 2.24) is 9.97 Å². The highest BCUT2D eigenvalue weighted by atomic mass is 32.2. The van der Waals surface area contributed by atoms with Gasteiger partial charge in [-0.1, -0.05) is 66.7 Å². The smallest absolute Gasteiger partial charge is 0.223 e. The number of para-hydroxylation sites is 1. The molecule has 2 aromatic carbocycles. The molecule has 0 aliphatic carbocycles. The van der Waals surface area contributed by atoms with E-state index >= 15 is 0 Å². The maximum Gasteiger partial charge on any atom is 0.223 e. The molecule has 0 unspecified atom stereocenters. The Bertz CT molecular complexity index is 806. The van der Waals surface area contributed by atoms with Crippen LogP contribution >= 0.6 is 11.8 Å². The van der Waals surface area contributed by atoms with Crippen molar-refractivity contribution in [3.05, 3.63) is 77.5 Å². The van der Waals surface area contributed by atoms with E-state index in [9.17, 15) is 0 Å². The standard InChI is InChI=1S/C20H20N2OS/c1-3-17-13-19(23-18-10-5-4-6-11-18)22-20(21-17)24-14-16-9-7-8-15(2)12-16/h4-13H,3,14H2,1-2H3. The van der Waals surface area contributed by atoms with Gasteiger partial charge in [-0.25, -0.2) is 4.98 Å².